The average molecular weight is 237 g/mol. The van der Waals surface area contributed by atoms with E-state index < -0.39 is 17.7 Å². The first-order valence-corrected chi connectivity index (χ1v) is 5.20. The van der Waals surface area contributed by atoms with E-state index in [4.69, 9.17) is 5.73 Å². The van der Waals surface area contributed by atoms with E-state index in [-0.39, 0.29) is 5.56 Å². The SMILES string of the molecule is Cc1cc(C(N)c2cccc(F)c2F)n(C)n1. The third-order valence-corrected chi connectivity index (χ3v) is 2.67. The number of nitrogens with two attached hydrogens (primary N) is 1. The number of nitrogens with zero attached hydrogens (tertiary/aromatic N) is 2. The molecule has 0 saturated carbocycles. The molecule has 2 rings (SSSR count). The molecule has 0 bridgehead atoms. The zero-order valence-corrected chi connectivity index (χ0v) is 9.61. The number of hydrogen-bond acceptors (Lipinski definition) is 2. The highest BCUT2D eigenvalue weighted by Crippen LogP contribution is 2.23. The molecule has 1 aromatic carbocycles. The first-order valence-electron chi connectivity index (χ1n) is 5.20. The van der Waals surface area contributed by atoms with Gasteiger partial charge in [0.25, 0.3) is 0 Å². The number of hydrogen-bond donors (Lipinski definition) is 1. The Hall–Kier alpha value is -1.75. The van der Waals surface area contributed by atoms with Crippen LogP contribution in [-0.2, 0) is 7.05 Å². The smallest absolute Gasteiger partial charge is 0.163 e. The third-order valence-electron chi connectivity index (χ3n) is 2.67. The van der Waals surface area contributed by atoms with Crippen LogP contribution in [0.4, 0.5) is 8.78 Å². The predicted octanol–water partition coefficient (Wildman–Crippen LogP) is 2.05. The average Bonchev–Trinajstić information content (AvgIpc) is 2.61. The van der Waals surface area contributed by atoms with Gasteiger partial charge < -0.3 is 5.73 Å². The molecule has 5 heteroatoms. The van der Waals surface area contributed by atoms with Gasteiger partial charge in [0.05, 0.1) is 17.4 Å². The molecule has 0 saturated heterocycles. The number of halogens is 2. The molecule has 0 aliphatic heterocycles. The standard InChI is InChI=1S/C12H13F2N3/c1-7-6-10(17(2)16-7)12(15)8-4-3-5-9(13)11(8)14/h3-6,12H,15H2,1-2H3. The summed E-state index contributed by atoms with van der Waals surface area (Å²) in [6.07, 6.45) is 0. The van der Waals surface area contributed by atoms with Crippen molar-refractivity contribution in [1.29, 1.82) is 0 Å². The zero-order chi connectivity index (χ0) is 12.6. The number of rotatable bonds is 2. The maximum Gasteiger partial charge on any atom is 0.163 e. The van der Waals surface area contributed by atoms with Gasteiger partial charge in [-0.1, -0.05) is 12.1 Å². The van der Waals surface area contributed by atoms with Crippen molar-refractivity contribution >= 4 is 0 Å². The van der Waals surface area contributed by atoms with Gasteiger partial charge in [0, 0.05) is 12.6 Å². The van der Waals surface area contributed by atoms with Crippen molar-refractivity contribution < 1.29 is 8.78 Å². The topological polar surface area (TPSA) is 43.8 Å². The molecular formula is C12H13F2N3. The maximum atomic E-state index is 13.6. The zero-order valence-electron chi connectivity index (χ0n) is 9.61. The molecular weight excluding hydrogens is 224 g/mol. The van der Waals surface area contributed by atoms with Crippen molar-refractivity contribution in [2.24, 2.45) is 12.8 Å². The van der Waals surface area contributed by atoms with Gasteiger partial charge >= 0.3 is 0 Å². The van der Waals surface area contributed by atoms with E-state index in [1.165, 1.54) is 12.1 Å². The Morgan fingerprint density at radius 3 is 2.65 bits per heavy atom. The second kappa shape index (κ2) is 4.25. The normalized spacial score (nSPS) is 12.8. The van der Waals surface area contributed by atoms with E-state index in [1.54, 1.807) is 17.8 Å². The number of aromatic nitrogens is 2. The van der Waals surface area contributed by atoms with Gasteiger partial charge in [-0.2, -0.15) is 5.10 Å². The summed E-state index contributed by atoms with van der Waals surface area (Å²) in [5.74, 6) is -1.80. The molecule has 0 aliphatic rings. The van der Waals surface area contributed by atoms with Crippen LogP contribution in [0.1, 0.15) is 23.0 Å². The van der Waals surface area contributed by atoms with Crippen LogP contribution in [-0.4, -0.2) is 9.78 Å². The van der Waals surface area contributed by atoms with Crippen molar-refractivity contribution in [2.75, 3.05) is 0 Å². The van der Waals surface area contributed by atoms with Gasteiger partial charge in [-0.25, -0.2) is 8.78 Å². The van der Waals surface area contributed by atoms with E-state index in [0.717, 1.165) is 11.8 Å². The Labute approximate surface area is 97.9 Å². The summed E-state index contributed by atoms with van der Waals surface area (Å²) in [5, 5.41) is 4.13. The molecule has 1 aromatic heterocycles. The lowest BCUT2D eigenvalue weighted by molar-refractivity contribution is 0.491. The Morgan fingerprint density at radius 2 is 2.06 bits per heavy atom. The fourth-order valence-corrected chi connectivity index (χ4v) is 1.84. The summed E-state index contributed by atoms with van der Waals surface area (Å²) >= 11 is 0. The van der Waals surface area contributed by atoms with Crippen LogP contribution in [0.5, 0.6) is 0 Å². The summed E-state index contributed by atoms with van der Waals surface area (Å²) in [4.78, 5) is 0. The van der Waals surface area contributed by atoms with E-state index in [1.807, 2.05) is 6.92 Å². The van der Waals surface area contributed by atoms with E-state index >= 15 is 0 Å². The predicted molar refractivity (Wildman–Crippen MR) is 60.3 cm³/mol. The molecule has 0 fully saturated rings. The molecule has 1 atom stereocenters. The lowest BCUT2D eigenvalue weighted by Crippen LogP contribution is -2.17. The van der Waals surface area contributed by atoms with Gasteiger partial charge in [0.15, 0.2) is 11.6 Å². The number of benzene rings is 1. The Morgan fingerprint density at radius 1 is 1.35 bits per heavy atom. The molecule has 0 radical (unpaired) electrons. The van der Waals surface area contributed by atoms with Crippen LogP contribution in [0.25, 0.3) is 0 Å². The molecule has 90 valence electrons. The fourth-order valence-electron chi connectivity index (χ4n) is 1.84. The van der Waals surface area contributed by atoms with Crippen LogP contribution >= 0.6 is 0 Å². The Bertz CT molecular complexity index is 549. The highest BCUT2D eigenvalue weighted by Gasteiger charge is 2.19. The maximum absolute atomic E-state index is 13.6. The van der Waals surface area contributed by atoms with Crippen molar-refractivity contribution in [3.63, 3.8) is 0 Å². The van der Waals surface area contributed by atoms with Crippen LogP contribution in [0.2, 0.25) is 0 Å². The van der Waals surface area contributed by atoms with Crippen LogP contribution in [0.3, 0.4) is 0 Å². The van der Waals surface area contributed by atoms with Gasteiger partial charge in [-0.15, -0.1) is 0 Å². The second-order valence-electron chi connectivity index (χ2n) is 3.95. The van der Waals surface area contributed by atoms with Crippen molar-refractivity contribution in [3.8, 4) is 0 Å². The van der Waals surface area contributed by atoms with E-state index in [0.29, 0.717) is 5.69 Å². The van der Waals surface area contributed by atoms with Crippen molar-refractivity contribution in [3.05, 3.63) is 52.9 Å². The summed E-state index contributed by atoms with van der Waals surface area (Å²) in [6.45, 7) is 1.82. The molecule has 0 amide bonds. The number of aryl methyl sites for hydroxylation is 2. The highest BCUT2D eigenvalue weighted by molar-refractivity contribution is 5.30. The van der Waals surface area contributed by atoms with E-state index in [9.17, 15) is 8.78 Å². The molecule has 2 N–H and O–H groups in total. The summed E-state index contributed by atoms with van der Waals surface area (Å²) < 4.78 is 28.3. The molecule has 0 aliphatic carbocycles. The van der Waals surface area contributed by atoms with Gasteiger partial charge in [0.1, 0.15) is 0 Å². The first-order chi connectivity index (χ1) is 8.00. The minimum Gasteiger partial charge on any atom is -0.319 e. The van der Waals surface area contributed by atoms with Crippen LogP contribution in [0.15, 0.2) is 24.3 Å². The molecule has 0 spiro atoms. The largest absolute Gasteiger partial charge is 0.319 e. The van der Waals surface area contributed by atoms with Gasteiger partial charge in [-0.05, 0) is 19.1 Å². The lowest BCUT2D eigenvalue weighted by atomic mass is 10.0. The minimum absolute atomic E-state index is 0.132. The Balaban J connectivity index is 2.47. The Kier molecular flexibility index (Phi) is 2.93. The summed E-state index contributed by atoms with van der Waals surface area (Å²) in [6, 6.07) is 5.02. The molecule has 3 nitrogen and oxygen atoms in total. The van der Waals surface area contributed by atoms with Crippen molar-refractivity contribution in [1.82, 2.24) is 9.78 Å². The van der Waals surface area contributed by atoms with Gasteiger partial charge in [0.2, 0.25) is 0 Å². The fraction of sp³-hybridized carbons (Fsp3) is 0.250. The highest BCUT2D eigenvalue weighted by atomic mass is 19.2. The minimum atomic E-state index is -0.904. The quantitative estimate of drug-likeness (QED) is 0.868. The molecule has 2 aromatic rings. The molecule has 1 unspecified atom stereocenters. The third kappa shape index (κ3) is 2.06. The summed E-state index contributed by atoms with van der Waals surface area (Å²) in [5.41, 5.74) is 7.50. The second-order valence-corrected chi connectivity index (χ2v) is 3.95. The monoisotopic (exact) mass is 237 g/mol. The van der Waals surface area contributed by atoms with Crippen LogP contribution < -0.4 is 5.73 Å². The lowest BCUT2D eigenvalue weighted by Gasteiger charge is -2.13. The van der Waals surface area contributed by atoms with E-state index in [2.05, 4.69) is 5.10 Å². The first kappa shape index (κ1) is 11.7. The summed E-state index contributed by atoms with van der Waals surface area (Å²) in [7, 11) is 1.72. The van der Waals surface area contributed by atoms with Gasteiger partial charge in [-0.3, -0.25) is 4.68 Å². The van der Waals surface area contributed by atoms with Crippen molar-refractivity contribution in [2.45, 2.75) is 13.0 Å². The molecule has 17 heavy (non-hydrogen) atoms. The van der Waals surface area contributed by atoms with Crippen LogP contribution in [0, 0.1) is 18.6 Å². The molecule has 1 heterocycles.